The maximum atomic E-state index is 5.50. The average Bonchev–Trinajstić information content (AvgIpc) is 2.45. The Balaban J connectivity index is 2.04. The first-order valence-corrected chi connectivity index (χ1v) is 7.01. The lowest BCUT2D eigenvalue weighted by atomic mass is 10.2. The van der Waals surface area contributed by atoms with E-state index in [0.717, 1.165) is 36.1 Å². The van der Waals surface area contributed by atoms with Gasteiger partial charge < -0.3 is 10.1 Å². The molecule has 0 unspecified atom stereocenters. The van der Waals surface area contributed by atoms with Crippen LogP contribution in [0.3, 0.4) is 0 Å². The number of nitrogens with zero attached hydrogens (tertiary/aromatic N) is 2. The average molecular weight is 271 g/mol. The van der Waals surface area contributed by atoms with Crippen molar-refractivity contribution in [3.63, 3.8) is 0 Å². The molecule has 0 atom stereocenters. The molecule has 4 nitrogen and oxygen atoms in total. The van der Waals surface area contributed by atoms with Gasteiger partial charge in [0.15, 0.2) is 0 Å². The summed E-state index contributed by atoms with van der Waals surface area (Å²) in [5, 5.41) is 3.34. The number of aromatic nitrogens is 2. The van der Waals surface area contributed by atoms with Crippen molar-refractivity contribution in [1.29, 1.82) is 0 Å². The molecule has 0 fully saturated rings. The van der Waals surface area contributed by atoms with Crippen LogP contribution >= 0.6 is 0 Å². The molecule has 0 spiro atoms. The van der Waals surface area contributed by atoms with Crippen molar-refractivity contribution in [3.8, 4) is 5.75 Å². The van der Waals surface area contributed by atoms with Crippen molar-refractivity contribution < 1.29 is 4.74 Å². The van der Waals surface area contributed by atoms with E-state index >= 15 is 0 Å². The van der Waals surface area contributed by atoms with Gasteiger partial charge in [-0.3, -0.25) is 0 Å². The lowest BCUT2D eigenvalue weighted by molar-refractivity contribution is 0.340. The Morgan fingerprint density at radius 1 is 1.15 bits per heavy atom. The highest BCUT2D eigenvalue weighted by molar-refractivity contribution is 5.38. The maximum Gasteiger partial charge on any atom is 0.130 e. The van der Waals surface area contributed by atoms with Crippen LogP contribution in [-0.2, 0) is 13.0 Å². The zero-order chi connectivity index (χ0) is 14.4. The number of nitrogens with one attached hydrogen (secondary N) is 1. The van der Waals surface area contributed by atoms with Crippen LogP contribution < -0.4 is 10.1 Å². The number of aryl methyl sites for hydroxylation is 2. The molecule has 2 rings (SSSR count). The van der Waals surface area contributed by atoms with E-state index in [9.17, 15) is 0 Å². The first kappa shape index (κ1) is 14.3. The lowest BCUT2D eigenvalue weighted by Crippen LogP contribution is -2.05. The molecule has 1 heterocycles. The predicted octanol–water partition coefficient (Wildman–Crippen LogP) is 3.36. The van der Waals surface area contributed by atoms with Gasteiger partial charge in [-0.1, -0.05) is 19.1 Å². The summed E-state index contributed by atoms with van der Waals surface area (Å²) in [6.45, 7) is 7.40. The van der Waals surface area contributed by atoms with E-state index in [4.69, 9.17) is 4.74 Å². The van der Waals surface area contributed by atoms with Gasteiger partial charge in [0.2, 0.25) is 0 Å². The molecule has 2 aromatic rings. The summed E-state index contributed by atoms with van der Waals surface area (Å²) in [4.78, 5) is 8.78. The highest BCUT2D eigenvalue weighted by Gasteiger charge is 2.01. The lowest BCUT2D eigenvalue weighted by Gasteiger charge is -2.09. The van der Waals surface area contributed by atoms with Crippen LogP contribution in [0.25, 0.3) is 0 Å². The molecule has 0 bridgehead atoms. The Bertz CT molecular complexity index is 569. The molecule has 0 aliphatic carbocycles. The Labute approximate surface area is 120 Å². The van der Waals surface area contributed by atoms with Crippen molar-refractivity contribution >= 4 is 5.82 Å². The second-order valence-corrected chi connectivity index (χ2v) is 4.58. The minimum absolute atomic E-state index is 0.682. The third kappa shape index (κ3) is 3.95. The highest BCUT2D eigenvalue weighted by atomic mass is 16.5. The number of benzene rings is 1. The van der Waals surface area contributed by atoms with Crippen LogP contribution in [-0.4, -0.2) is 16.6 Å². The minimum Gasteiger partial charge on any atom is -0.494 e. The molecule has 0 aliphatic rings. The van der Waals surface area contributed by atoms with Crippen LogP contribution in [0.1, 0.15) is 30.9 Å². The Hall–Kier alpha value is -2.10. The molecule has 0 radical (unpaired) electrons. The van der Waals surface area contributed by atoms with Gasteiger partial charge in [0.1, 0.15) is 17.4 Å². The second kappa shape index (κ2) is 6.89. The smallest absolute Gasteiger partial charge is 0.130 e. The van der Waals surface area contributed by atoms with Crippen LogP contribution in [0.2, 0.25) is 0 Å². The van der Waals surface area contributed by atoms with Gasteiger partial charge in [-0.25, -0.2) is 9.97 Å². The van der Waals surface area contributed by atoms with Crippen molar-refractivity contribution in [2.75, 3.05) is 11.9 Å². The van der Waals surface area contributed by atoms with Crippen LogP contribution in [0.4, 0.5) is 5.82 Å². The minimum atomic E-state index is 0.682. The van der Waals surface area contributed by atoms with E-state index in [1.807, 2.05) is 38.1 Å². The third-order valence-electron chi connectivity index (χ3n) is 2.94. The maximum absolute atomic E-state index is 5.50. The molecule has 0 saturated heterocycles. The molecular formula is C16H21N3O. The molecule has 1 aromatic carbocycles. The molecule has 0 amide bonds. The van der Waals surface area contributed by atoms with Gasteiger partial charge in [-0.15, -0.1) is 0 Å². The van der Waals surface area contributed by atoms with Crippen molar-refractivity contribution in [2.45, 2.75) is 33.7 Å². The van der Waals surface area contributed by atoms with Crippen LogP contribution in [0, 0.1) is 6.92 Å². The van der Waals surface area contributed by atoms with Crippen molar-refractivity contribution in [3.05, 3.63) is 47.4 Å². The molecule has 1 N–H and O–H groups in total. The quantitative estimate of drug-likeness (QED) is 0.875. The van der Waals surface area contributed by atoms with Gasteiger partial charge in [0.25, 0.3) is 0 Å². The number of rotatable bonds is 6. The van der Waals surface area contributed by atoms with Crippen LogP contribution in [0.15, 0.2) is 30.3 Å². The summed E-state index contributed by atoms with van der Waals surface area (Å²) < 4.78 is 5.50. The number of ether oxygens (including phenoxy) is 1. The van der Waals surface area contributed by atoms with E-state index in [1.54, 1.807) is 0 Å². The van der Waals surface area contributed by atoms with Crippen molar-refractivity contribution in [2.24, 2.45) is 0 Å². The summed E-state index contributed by atoms with van der Waals surface area (Å²) in [5.41, 5.74) is 2.23. The normalized spacial score (nSPS) is 10.3. The zero-order valence-corrected chi connectivity index (χ0v) is 12.3. The fraction of sp³-hybridized carbons (Fsp3) is 0.375. The molecule has 4 heteroatoms. The third-order valence-corrected chi connectivity index (χ3v) is 2.94. The highest BCUT2D eigenvalue weighted by Crippen LogP contribution is 2.15. The van der Waals surface area contributed by atoms with Gasteiger partial charge in [-0.05, 0) is 38.0 Å². The summed E-state index contributed by atoms with van der Waals surface area (Å²) in [7, 11) is 0. The first-order chi connectivity index (χ1) is 9.71. The monoisotopic (exact) mass is 271 g/mol. The Morgan fingerprint density at radius 3 is 2.75 bits per heavy atom. The number of hydrogen-bond acceptors (Lipinski definition) is 4. The topological polar surface area (TPSA) is 47.0 Å². The summed E-state index contributed by atoms with van der Waals surface area (Å²) in [6.07, 6.45) is 0.915. The van der Waals surface area contributed by atoms with Gasteiger partial charge in [-0.2, -0.15) is 0 Å². The SMILES string of the molecule is CCOc1cccc(CNc2cc(CC)nc(C)n2)c1. The van der Waals surface area contributed by atoms with E-state index in [2.05, 4.69) is 28.3 Å². The van der Waals surface area contributed by atoms with Gasteiger partial charge in [0, 0.05) is 18.3 Å². The standard InChI is InChI=1S/C16H21N3O/c1-4-14-10-16(19-12(3)18-14)17-11-13-7-6-8-15(9-13)20-5-2/h6-10H,4-5,11H2,1-3H3,(H,17,18,19). The first-order valence-electron chi connectivity index (χ1n) is 7.01. The van der Waals surface area contributed by atoms with Crippen LogP contribution in [0.5, 0.6) is 5.75 Å². The predicted molar refractivity (Wildman–Crippen MR) is 81.1 cm³/mol. The molecule has 1 aromatic heterocycles. The Kier molecular flexibility index (Phi) is 4.93. The number of anilines is 1. The molecule has 106 valence electrons. The summed E-state index contributed by atoms with van der Waals surface area (Å²) >= 11 is 0. The number of hydrogen-bond donors (Lipinski definition) is 1. The molecule has 0 saturated carbocycles. The van der Waals surface area contributed by atoms with E-state index < -0.39 is 0 Å². The molecule has 0 aliphatic heterocycles. The summed E-state index contributed by atoms with van der Waals surface area (Å²) in [5.74, 6) is 2.57. The van der Waals surface area contributed by atoms with E-state index in [0.29, 0.717) is 6.61 Å². The fourth-order valence-electron chi connectivity index (χ4n) is 2.01. The van der Waals surface area contributed by atoms with E-state index in [1.165, 1.54) is 5.56 Å². The second-order valence-electron chi connectivity index (χ2n) is 4.58. The fourth-order valence-corrected chi connectivity index (χ4v) is 2.01. The van der Waals surface area contributed by atoms with Gasteiger partial charge in [0.05, 0.1) is 6.61 Å². The van der Waals surface area contributed by atoms with Crippen molar-refractivity contribution in [1.82, 2.24) is 9.97 Å². The molecular weight excluding hydrogens is 250 g/mol. The summed E-state index contributed by atoms with van der Waals surface area (Å²) in [6, 6.07) is 10.1. The zero-order valence-electron chi connectivity index (χ0n) is 12.3. The van der Waals surface area contributed by atoms with E-state index in [-0.39, 0.29) is 0 Å². The molecule has 20 heavy (non-hydrogen) atoms. The Morgan fingerprint density at radius 2 is 2.00 bits per heavy atom. The largest absolute Gasteiger partial charge is 0.494 e. The van der Waals surface area contributed by atoms with Gasteiger partial charge >= 0.3 is 0 Å².